The summed E-state index contributed by atoms with van der Waals surface area (Å²) in [6.45, 7) is -0.141. The fourth-order valence-corrected chi connectivity index (χ4v) is 6.00. The van der Waals surface area contributed by atoms with Crippen LogP contribution >= 0.6 is 35.1 Å². The zero-order valence-electron chi connectivity index (χ0n) is 16.6. The van der Waals surface area contributed by atoms with Gasteiger partial charge in [0.15, 0.2) is 6.61 Å². The van der Waals surface area contributed by atoms with E-state index in [1.54, 1.807) is 24.3 Å². The molecule has 0 bridgehead atoms. The van der Waals surface area contributed by atoms with Gasteiger partial charge in [-0.1, -0.05) is 35.9 Å². The van der Waals surface area contributed by atoms with Gasteiger partial charge >= 0.3 is 5.97 Å². The van der Waals surface area contributed by atoms with Crippen LogP contribution < -0.4 is 10.1 Å². The molecule has 160 valence electrons. The molecule has 1 fully saturated rings. The summed E-state index contributed by atoms with van der Waals surface area (Å²) in [6.07, 6.45) is 1.28. The van der Waals surface area contributed by atoms with Crippen molar-refractivity contribution in [2.75, 3.05) is 25.2 Å². The summed E-state index contributed by atoms with van der Waals surface area (Å²) in [7, 11) is 1.32. The van der Waals surface area contributed by atoms with Gasteiger partial charge < -0.3 is 14.8 Å². The number of carbonyl (C=O) groups is 2. The minimum atomic E-state index is -0.520. The van der Waals surface area contributed by atoms with Crippen LogP contribution in [-0.2, 0) is 14.3 Å². The molecule has 30 heavy (non-hydrogen) atoms. The summed E-state index contributed by atoms with van der Waals surface area (Å²) in [5.41, 5.74) is 2.03. The average Bonchev–Trinajstić information content (AvgIpc) is 2.78. The molecule has 1 saturated heterocycles. The third-order valence-electron chi connectivity index (χ3n) is 4.56. The highest BCUT2D eigenvalue weighted by molar-refractivity contribution is 8.16. The fourth-order valence-electron chi connectivity index (χ4n) is 2.98. The Kier molecular flexibility index (Phi) is 8.78. The van der Waals surface area contributed by atoms with Gasteiger partial charge in [-0.2, -0.15) is 0 Å². The van der Waals surface area contributed by atoms with E-state index in [0.29, 0.717) is 15.4 Å². The van der Waals surface area contributed by atoms with Crippen molar-refractivity contribution >= 4 is 47.0 Å². The standard InChI is InChI=1S/C22H24ClNO4S2/c1-27-21(26)13-19(15-3-7-17(23)8-4-15)24-20(25)14-28-18-9-5-16(6-10-18)22-29-11-2-12-30-22/h3-10,19,22H,2,11-14H2,1H3,(H,24,25). The maximum atomic E-state index is 12.4. The molecular formula is C22H24ClNO4S2. The Bertz CT molecular complexity index is 839. The summed E-state index contributed by atoms with van der Waals surface area (Å²) in [5.74, 6) is 2.29. The van der Waals surface area contributed by atoms with Gasteiger partial charge in [0.25, 0.3) is 5.91 Å². The minimum absolute atomic E-state index is 0.0231. The quantitative estimate of drug-likeness (QED) is 0.553. The lowest BCUT2D eigenvalue weighted by Gasteiger charge is -2.21. The number of nitrogens with one attached hydrogen (secondary N) is 1. The van der Waals surface area contributed by atoms with Crippen LogP contribution in [0.3, 0.4) is 0 Å². The smallest absolute Gasteiger partial charge is 0.307 e. The van der Waals surface area contributed by atoms with E-state index in [0.717, 1.165) is 5.56 Å². The molecule has 5 nitrogen and oxygen atoms in total. The van der Waals surface area contributed by atoms with Crippen molar-refractivity contribution in [3.05, 3.63) is 64.7 Å². The SMILES string of the molecule is COC(=O)CC(NC(=O)COc1ccc(C2SCCCS2)cc1)c1ccc(Cl)cc1. The number of amides is 1. The van der Waals surface area contributed by atoms with Crippen molar-refractivity contribution in [3.63, 3.8) is 0 Å². The van der Waals surface area contributed by atoms with Gasteiger partial charge in [-0.15, -0.1) is 23.5 Å². The number of carbonyl (C=O) groups excluding carboxylic acids is 2. The molecule has 2 aromatic carbocycles. The third kappa shape index (κ3) is 6.86. The molecule has 0 saturated carbocycles. The Balaban J connectivity index is 1.55. The number of methoxy groups -OCH3 is 1. The van der Waals surface area contributed by atoms with Crippen molar-refractivity contribution in [2.24, 2.45) is 0 Å². The fraction of sp³-hybridized carbons (Fsp3) is 0.364. The molecule has 1 aliphatic heterocycles. The van der Waals surface area contributed by atoms with Gasteiger partial charge in [-0.3, -0.25) is 9.59 Å². The lowest BCUT2D eigenvalue weighted by molar-refractivity contribution is -0.141. The topological polar surface area (TPSA) is 64.6 Å². The molecule has 8 heteroatoms. The monoisotopic (exact) mass is 465 g/mol. The maximum Gasteiger partial charge on any atom is 0.307 e. The predicted molar refractivity (Wildman–Crippen MR) is 123 cm³/mol. The molecule has 3 rings (SSSR count). The summed E-state index contributed by atoms with van der Waals surface area (Å²) in [4.78, 5) is 24.2. The van der Waals surface area contributed by atoms with Crippen molar-refractivity contribution < 1.29 is 19.1 Å². The number of rotatable bonds is 8. The predicted octanol–water partition coefficient (Wildman–Crippen LogP) is 5.01. The summed E-state index contributed by atoms with van der Waals surface area (Å²) in [5, 5.41) is 3.42. The summed E-state index contributed by atoms with van der Waals surface area (Å²) >= 11 is 9.86. The van der Waals surface area contributed by atoms with Crippen LogP contribution in [-0.4, -0.2) is 37.1 Å². The van der Waals surface area contributed by atoms with E-state index in [2.05, 4.69) is 17.4 Å². The largest absolute Gasteiger partial charge is 0.484 e. The molecule has 1 amide bonds. The van der Waals surface area contributed by atoms with E-state index >= 15 is 0 Å². The van der Waals surface area contributed by atoms with E-state index in [1.807, 2.05) is 35.7 Å². The second-order valence-corrected chi connectivity index (χ2v) is 9.90. The normalized spacial score (nSPS) is 15.3. The average molecular weight is 466 g/mol. The minimum Gasteiger partial charge on any atom is -0.484 e. The van der Waals surface area contributed by atoms with Gasteiger partial charge in [0.1, 0.15) is 5.75 Å². The van der Waals surface area contributed by atoms with Crippen molar-refractivity contribution in [3.8, 4) is 5.75 Å². The second kappa shape index (κ2) is 11.5. The highest BCUT2D eigenvalue weighted by Gasteiger charge is 2.20. The third-order valence-corrected chi connectivity index (χ3v) is 7.82. The van der Waals surface area contributed by atoms with Crippen LogP contribution in [0.15, 0.2) is 48.5 Å². The Morgan fingerprint density at radius 2 is 1.77 bits per heavy atom. The molecule has 1 unspecified atom stereocenters. The molecule has 0 spiro atoms. The second-order valence-electron chi connectivity index (χ2n) is 6.74. The molecule has 0 radical (unpaired) electrons. The molecule has 1 atom stereocenters. The van der Waals surface area contributed by atoms with E-state index in [9.17, 15) is 9.59 Å². The lowest BCUT2D eigenvalue weighted by Crippen LogP contribution is -2.34. The van der Waals surface area contributed by atoms with Crippen LogP contribution in [0, 0.1) is 0 Å². The first-order valence-electron chi connectivity index (χ1n) is 9.63. The summed E-state index contributed by atoms with van der Waals surface area (Å²) in [6, 6.07) is 14.4. The molecule has 0 aliphatic carbocycles. The van der Waals surface area contributed by atoms with Gasteiger partial charge in [0.2, 0.25) is 0 Å². The van der Waals surface area contributed by atoms with Crippen LogP contribution in [0.4, 0.5) is 0 Å². The number of ether oxygens (including phenoxy) is 2. The Morgan fingerprint density at radius 3 is 2.40 bits per heavy atom. The molecule has 0 aromatic heterocycles. The van der Waals surface area contributed by atoms with Crippen LogP contribution in [0.1, 0.15) is 34.6 Å². The molecule has 1 heterocycles. The first-order valence-corrected chi connectivity index (χ1v) is 12.1. The maximum absolute atomic E-state index is 12.4. The van der Waals surface area contributed by atoms with Gasteiger partial charge in [-0.05, 0) is 53.3 Å². The first-order chi connectivity index (χ1) is 14.5. The Labute approximate surface area is 190 Å². The number of esters is 1. The lowest BCUT2D eigenvalue weighted by atomic mass is 10.0. The number of thioether (sulfide) groups is 2. The van der Waals surface area contributed by atoms with Crippen molar-refractivity contribution in [1.82, 2.24) is 5.32 Å². The molecule has 2 aromatic rings. The number of halogens is 1. The summed E-state index contributed by atoms with van der Waals surface area (Å²) < 4.78 is 10.8. The first kappa shape index (κ1) is 22.8. The number of hydrogen-bond donors (Lipinski definition) is 1. The zero-order valence-corrected chi connectivity index (χ0v) is 19.0. The zero-order chi connectivity index (χ0) is 21.3. The van der Waals surface area contributed by atoms with Crippen LogP contribution in [0.25, 0.3) is 0 Å². The molecule has 1 aliphatic rings. The molecular weight excluding hydrogens is 442 g/mol. The van der Waals surface area contributed by atoms with E-state index in [-0.39, 0.29) is 18.9 Å². The van der Waals surface area contributed by atoms with Gasteiger partial charge in [0, 0.05) is 5.02 Å². The Morgan fingerprint density at radius 1 is 1.10 bits per heavy atom. The van der Waals surface area contributed by atoms with Crippen LogP contribution in [0.5, 0.6) is 5.75 Å². The van der Waals surface area contributed by atoms with E-state index < -0.39 is 12.0 Å². The molecule has 1 N–H and O–H groups in total. The Hall–Kier alpha value is -1.83. The highest BCUT2D eigenvalue weighted by atomic mass is 35.5. The van der Waals surface area contributed by atoms with Gasteiger partial charge in [0.05, 0.1) is 24.2 Å². The van der Waals surface area contributed by atoms with Gasteiger partial charge in [-0.25, -0.2) is 0 Å². The number of benzene rings is 2. The van der Waals surface area contributed by atoms with E-state index in [4.69, 9.17) is 21.1 Å². The van der Waals surface area contributed by atoms with Crippen molar-refractivity contribution in [2.45, 2.75) is 23.5 Å². The van der Waals surface area contributed by atoms with E-state index in [1.165, 1.54) is 30.6 Å². The number of hydrogen-bond acceptors (Lipinski definition) is 6. The highest BCUT2D eigenvalue weighted by Crippen LogP contribution is 2.43. The van der Waals surface area contributed by atoms with Crippen LogP contribution in [0.2, 0.25) is 5.02 Å². The van der Waals surface area contributed by atoms with Crippen molar-refractivity contribution in [1.29, 1.82) is 0 Å².